The van der Waals surface area contributed by atoms with E-state index in [1.54, 1.807) is 30.1 Å². The van der Waals surface area contributed by atoms with Gasteiger partial charge in [-0.25, -0.2) is 9.07 Å². The molecule has 0 radical (unpaired) electrons. The van der Waals surface area contributed by atoms with Gasteiger partial charge in [0.1, 0.15) is 17.3 Å². The van der Waals surface area contributed by atoms with Crippen molar-refractivity contribution >= 4 is 5.69 Å². The molecule has 3 aromatic rings. The Labute approximate surface area is 150 Å². The molecule has 2 aromatic carbocycles. The Morgan fingerprint density at radius 1 is 1.19 bits per heavy atom. The molecule has 7 heteroatoms. The summed E-state index contributed by atoms with van der Waals surface area (Å²) in [5.74, 6) is 0.558. The van der Waals surface area contributed by atoms with Crippen LogP contribution in [0.15, 0.2) is 54.7 Å². The SMILES string of the molecule is COc1ccc(N2CCO[C@H]2c2cn(Cc3ccccc3F)nn2)cc1. The molecule has 1 fully saturated rings. The minimum atomic E-state index is -0.308. The van der Waals surface area contributed by atoms with Crippen LogP contribution in [0.5, 0.6) is 5.75 Å². The number of aromatic nitrogens is 3. The van der Waals surface area contributed by atoms with Gasteiger partial charge in [0.2, 0.25) is 0 Å². The molecule has 0 N–H and O–H groups in total. The van der Waals surface area contributed by atoms with Crippen LogP contribution >= 0.6 is 0 Å². The highest BCUT2D eigenvalue weighted by atomic mass is 19.1. The highest BCUT2D eigenvalue weighted by Gasteiger charge is 2.29. The Morgan fingerprint density at radius 3 is 2.77 bits per heavy atom. The quantitative estimate of drug-likeness (QED) is 0.705. The van der Waals surface area contributed by atoms with Gasteiger partial charge in [-0.2, -0.15) is 0 Å². The predicted octanol–water partition coefficient (Wildman–Crippen LogP) is 3.01. The first kappa shape index (κ1) is 16.5. The molecule has 1 saturated heterocycles. The topological polar surface area (TPSA) is 52.4 Å². The average molecular weight is 354 g/mol. The molecular formula is C19H19FN4O2. The molecule has 1 aromatic heterocycles. The fourth-order valence-electron chi connectivity index (χ4n) is 3.06. The molecule has 0 spiro atoms. The van der Waals surface area contributed by atoms with E-state index in [1.165, 1.54) is 6.07 Å². The van der Waals surface area contributed by atoms with Crippen LogP contribution < -0.4 is 9.64 Å². The van der Waals surface area contributed by atoms with E-state index in [1.807, 2.05) is 30.3 Å². The molecule has 0 unspecified atom stereocenters. The van der Waals surface area contributed by atoms with Crippen LogP contribution in [0.25, 0.3) is 0 Å². The zero-order chi connectivity index (χ0) is 17.9. The molecule has 4 rings (SSSR count). The number of methoxy groups -OCH3 is 1. The first-order valence-corrected chi connectivity index (χ1v) is 8.40. The van der Waals surface area contributed by atoms with Gasteiger partial charge >= 0.3 is 0 Å². The Balaban J connectivity index is 1.53. The summed E-state index contributed by atoms with van der Waals surface area (Å²) in [5.41, 5.74) is 2.30. The lowest BCUT2D eigenvalue weighted by atomic mass is 10.2. The maximum Gasteiger partial charge on any atom is 0.177 e. The predicted molar refractivity (Wildman–Crippen MR) is 94.6 cm³/mol. The third kappa shape index (κ3) is 3.25. The van der Waals surface area contributed by atoms with Crippen molar-refractivity contribution < 1.29 is 13.9 Å². The summed E-state index contributed by atoms with van der Waals surface area (Å²) in [7, 11) is 1.64. The minimum absolute atomic E-state index is 0.249. The van der Waals surface area contributed by atoms with Gasteiger partial charge in [-0.15, -0.1) is 5.10 Å². The maximum absolute atomic E-state index is 13.8. The fraction of sp³-hybridized carbons (Fsp3) is 0.263. The van der Waals surface area contributed by atoms with Crippen molar-refractivity contribution in [1.29, 1.82) is 0 Å². The minimum Gasteiger partial charge on any atom is -0.497 e. The normalized spacial score (nSPS) is 16.8. The number of hydrogen-bond acceptors (Lipinski definition) is 5. The highest BCUT2D eigenvalue weighted by molar-refractivity contribution is 5.50. The zero-order valence-corrected chi connectivity index (χ0v) is 14.4. The first-order chi connectivity index (χ1) is 12.7. The molecular weight excluding hydrogens is 335 g/mol. The Kier molecular flexibility index (Phi) is 4.53. The van der Waals surface area contributed by atoms with Crippen LogP contribution in [-0.4, -0.2) is 35.3 Å². The molecule has 1 aliphatic heterocycles. The largest absolute Gasteiger partial charge is 0.497 e. The van der Waals surface area contributed by atoms with Crippen molar-refractivity contribution in [2.24, 2.45) is 0 Å². The lowest BCUT2D eigenvalue weighted by Crippen LogP contribution is -2.23. The zero-order valence-electron chi connectivity index (χ0n) is 14.4. The Hall–Kier alpha value is -2.93. The van der Waals surface area contributed by atoms with Crippen molar-refractivity contribution in [3.63, 3.8) is 0 Å². The second-order valence-corrected chi connectivity index (χ2v) is 6.05. The monoisotopic (exact) mass is 354 g/mol. The lowest BCUT2D eigenvalue weighted by Gasteiger charge is -2.23. The average Bonchev–Trinajstić information content (AvgIpc) is 3.33. The molecule has 134 valence electrons. The third-order valence-corrected chi connectivity index (χ3v) is 4.39. The van der Waals surface area contributed by atoms with Gasteiger partial charge in [0, 0.05) is 17.8 Å². The van der Waals surface area contributed by atoms with E-state index in [4.69, 9.17) is 9.47 Å². The van der Waals surface area contributed by atoms with Crippen molar-refractivity contribution in [1.82, 2.24) is 15.0 Å². The van der Waals surface area contributed by atoms with E-state index >= 15 is 0 Å². The van der Waals surface area contributed by atoms with Gasteiger partial charge in [-0.3, -0.25) is 0 Å². The summed E-state index contributed by atoms with van der Waals surface area (Å²) in [4.78, 5) is 2.12. The number of halogens is 1. The summed E-state index contributed by atoms with van der Waals surface area (Å²) in [6, 6.07) is 14.5. The molecule has 0 bridgehead atoms. The number of rotatable bonds is 5. The molecule has 6 nitrogen and oxygen atoms in total. The lowest BCUT2D eigenvalue weighted by molar-refractivity contribution is 0.110. The van der Waals surface area contributed by atoms with Crippen molar-refractivity contribution in [2.75, 3.05) is 25.2 Å². The van der Waals surface area contributed by atoms with Crippen molar-refractivity contribution in [3.05, 3.63) is 71.8 Å². The van der Waals surface area contributed by atoms with Gasteiger partial charge in [0.15, 0.2) is 6.23 Å². The summed E-state index contributed by atoms with van der Waals surface area (Å²) in [6.07, 6.45) is 1.50. The summed E-state index contributed by atoms with van der Waals surface area (Å²) >= 11 is 0. The van der Waals surface area contributed by atoms with Gasteiger partial charge in [0.25, 0.3) is 0 Å². The van der Waals surface area contributed by atoms with E-state index in [0.717, 1.165) is 18.0 Å². The van der Waals surface area contributed by atoms with Gasteiger partial charge in [-0.1, -0.05) is 23.4 Å². The van der Waals surface area contributed by atoms with E-state index < -0.39 is 0 Å². The molecule has 2 heterocycles. The van der Waals surface area contributed by atoms with Crippen LogP contribution in [0.4, 0.5) is 10.1 Å². The van der Waals surface area contributed by atoms with E-state index in [0.29, 0.717) is 24.4 Å². The van der Waals surface area contributed by atoms with E-state index in [9.17, 15) is 4.39 Å². The molecule has 1 aliphatic rings. The first-order valence-electron chi connectivity index (χ1n) is 8.40. The standard InChI is InChI=1S/C19H19FN4O2/c1-25-16-8-6-15(7-9-16)24-10-11-26-19(24)18-13-23(22-21-18)12-14-4-2-3-5-17(14)20/h2-9,13,19H,10-12H2,1H3/t19-/m0/s1. The summed E-state index contributed by atoms with van der Waals surface area (Å²) in [5, 5.41) is 8.36. The Bertz CT molecular complexity index is 881. The smallest absolute Gasteiger partial charge is 0.177 e. The molecule has 26 heavy (non-hydrogen) atoms. The number of nitrogens with zero attached hydrogens (tertiary/aromatic N) is 4. The molecule has 0 aliphatic carbocycles. The number of anilines is 1. The van der Waals surface area contributed by atoms with Crippen molar-refractivity contribution in [2.45, 2.75) is 12.8 Å². The van der Waals surface area contributed by atoms with Crippen LogP contribution in [0.3, 0.4) is 0 Å². The van der Waals surface area contributed by atoms with Crippen LogP contribution in [-0.2, 0) is 11.3 Å². The maximum atomic E-state index is 13.8. The van der Waals surface area contributed by atoms with Crippen LogP contribution in [0.2, 0.25) is 0 Å². The number of ether oxygens (including phenoxy) is 2. The van der Waals surface area contributed by atoms with Crippen molar-refractivity contribution in [3.8, 4) is 5.75 Å². The van der Waals surface area contributed by atoms with Gasteiger partial charge in [0.05, 0.1) is 26.5 Å². The Morgan fingerprint density at radius 2 is 2.00 bits per heavy atom. The van der Waals surface area contributed by atoms with Crippen LogP contribution in [0, 0.1) is 5.82 Å². The van der Waals surface area contributed by atoms with Crippen LogP contribution in [0.1, 0.15) is 17.5 Å². The van der Waals surface area contributed by atoms with E-state index in [-0.39, 0.29) is 12.0 Å². The molecule has 1 atom stereocenters. The second-order valence-electron chi connectivity index (χ2n) is 6.05. The summed E-state index contributed by atoms with van der Waals surface area (Å²) in [6.45, 7) is 1.70. The van der Waals surface area contributed by atoms with Gasteiger partial charge < -0.3 is 14.4 Å². The van der Waals surface area contributed by atoms with E-state index in [2.05, 4.69) is 15.2 Å². The third-order valence-electron chi connectivity index (χ3n) is 4.39. The number of hydrogen-bond donors (Lipinski definition) is 0. The van der Waals surface area contributed by atoms with Gasteiger partial charge in [-0.05, 0) is 30.3 Å². The molecule has 0 amide bonds. The molecule has 0 saturated carbocycles. The second kappa shape index (κ2) is 7.13. The highest BCUT2D eigenvalue weighted by Crippen LogP contribution is 2.32. The number of benzene rings is 2. The summed E-state index contributed by atoms with van der Waals surface area (Å²) < 4.78 is 26.5. The fourth-order valence-corrected chi connectivity index (χ4v) is 3.06.